The summed E-state index contributed by atoms with van der Waals surface area (Å²) in [6.45, 7) is 2.93. The van der Waals surface area contributed by atoms with E-state index in [1.54, 1.807) is 18.5 Å². The Morgan fingerprint density at radius 3 is 2.50 bits per heavy atom. The second-order valence-corrected chi connectivity index (χ2v) is 9.09. The standard InChI is InChI=1S/C24H23F3N6O/c1-15-3-4-18(20-28-7-2-8-29-20)19(9-15)21(34)33-14-23(5-6-23)10-17(33)13-32-22-30-11-16(12-31-22)24(25,26)27/h2-4,7-9,11-12,17H,5-6,10,13-14H2,1H3,(H,30,31,32)/t17-/m0/s1. The fraction of sp³-hybridized carbons (Fsp3) is 0.375. The summed E-state index contributed by atoms with van der Waals surface area (Å²) < 4.78 is 38.3. The molecule has 1 saturated carbocycles. The summed E-state index contributed by atoms with van der Waals surface area (Å²) in [5.74, 6) is 0.486. The van der Waals surface area contributed by atoms with Gasteiger partial charge in [0.15, 0.2) is 5.82 Å². The molecule has 1 spiro atoms. The van der Waals surface area contributed by atoms with Crippen LogP contribution in [0.4, 0.5) is 19.1 Å². The molecule has 1 atom stereocenters. The van der Waals surface area contributed by atoms with E-state index in [-0.39, 0.29) is 23.3 Å². The Kier molecular flexibility index (Phi) is 5.45. The van der Waals surface area contributed by atoms with E-state index in [4.69, 9.17) is 0 Å². The minimum Gasteiger partial charge on any atom is -0.352 e. The summed E-state index contributed by atoms with van der Waals surface area (Å²) >= 11 is 0. The molecule has 2 fully saturated rings. The normalized spacial score (nSPS) is 18.8. The van der Waals surface area contributed by atoms with E-state index in [9.17, 15) is 18.0 Å². The van der Waals surface area contributed by atoms with Crippen LogP contribution in [0.3, 0.4) is 0 Å². The Labute approximate surface area is 194 Å². The van der Waals surface area contributed by atoms with Gasteiger partial charge in [-0.25, -0.2) is 19.9 Å². The van der Waals surface area contributed by atoms with Crippen LogP contribution in [0.2, 0.25) is 0 Å². The van der Waals surface area contributed by atoms with Crippen LogP contribution in [0.15, 0.2) is 49.1 Å². The van der Waals surface area contributed by atoms with Crippen molar-refractivity contribution in [1.82, 2.24) is 24.8 Å². The van der Waals surface area contributed by atoms with Crippen LogP contribution < -0.4 is 5.32 Å². The molecular formula is C24H23F3N6O. The maximum Gasteiger partial charge on any atom is 0.419 e. The lowest BCUT2D eigenvalue weighted by atomic mass is 10.0. The first kappa shape index (κ1) is 22.2. The summed E-state index contributed by atoms with van der Waals surface area (Å²) in [7, 11) is 0. The van der Waals surface area contributed by atoms with Gasteiger partial charge >= 0.3 is 6.18 Å². The van der Waals surface area contributed by atoms with Gasteiger partial charge in [0.2, 0.25) is 5.95 Å². The molecule has 10 heteroatoms. The first-order valence-electron chi connectivity index (χ1n) is 11.1. The molecule has 2 aliphatic rings. The molecule has 7 nitrogen and oxygen atoms in total. The molecular weight excluding hydrogens is 445 g/mol. The van der Waals surface area contributed by atoms with Gasteiger partial charge in [-0.2, -0.15) is 13.2 Å². The first-order chi connectivity index (χ1) is 16.2. The van der Waals surface area contributed by atoms with E-state index in [2.05, 4.69) is 25.3 Å². The van der Waals surface area contributed by atoms with Gasteiger partial charge in [0.05, 0.1) is 11.1 Å². The van der Waals surface area contributed by atoms with Crippen LogP contribution >= 0.6 is 0 Å². The predicted octanol–water partition coefficient (Wildman–Crippen LogP) is 4.37. The average Bonchev–Trinajstić information content (AvgIpc) is 3.48. The number of aryl methyl sites for hydroxylation is 1. The number of anilines is 1. The van der Waals surface area contributed by atoms with Crippen molar-refractivity contribution < 1.29 is 18.0 Å². The first-order valence-corrected chi connectivity index (χ1v) is 11.1. The summed E-state index contributed by atoms with van der Waals surface area (Å²) in [6.07, 6.45) is 3.26. The van der Waals surface area contributed by atoms with Crippen molar-refractivity contribution in [3.8, 4) is 11.4 Å². The summed E-state index contributed by atoms with van der Waals surface area (Å²) in [5, 5.41) is 3.02. The number of nitrogens with zero attached hydrogens (tertiary/aromatic N) is 5. The van der Waals surface area contributed by atoms with Gasteiger partial charge in [0, 0.05) is 49.5 Å². The molecule has 0 bridgehead atoms. The lowest BCUT2D eigenvalue weighted by Gasteiger charge is -2.26. The van der Waals surface area contributed by atoms with Crippen molar-refractivity contribution >= 4 is 11.9 Å². The van der Waals surface area contributed by atoms with Crippen LogP contribution in [-0.2, 0) is 6.18 Å². The molecule has 5 rings (SSSR count). The number of halogens is 3. The number of aromatic nitrogens is 4. The molecule has 1 aliphatic heterocycles. The Bertz CT molecular complexity index is 1200. The van der Waals surface area contributed by atoms with Crippen molar-refractivity contribution in [2.75, 3.05) is 18.4 Å². The molecule has 1 aliphatic carbocycles. The van der Waals surface area contributed by atoms with Crippen LogP contribution in [0.1, 0.15) is 40.7 Å². The third-order valence-corrected chi connectivity index (χ3v) is 6.52. The van der Waals surface area contributed by atoms with Crippen LogP contribution in [0.5, 0.6) is 0 Å². The minimum atomic E-state index is -4.49. The molecule has 3 aromatic rings. The summed E-state index contributed by atoms with van der Waals surface area (Å²) in [6, 6.07) is 7.24. The number of carbonyl (C=O) groups is 1. The largest absolute Gasteiger partial charge is 0.419 e. The summed E-state index contributed by atoms with van der Waals surface area (Å²) in [5.41, 5.74) is 1.39. The van der Waals surface area contributed by atoms with Gasteiger partial charge in [0.1, 0.15) is 0 Å². The van der Waals surface area contributed by atoms with Crippen LogP contribution in [0, 0.1) is 12.3 Å². The fourth-order valence-electron chi connectivity index (χ4n) is 4.52. The Hall–Kier alpha value is -3.56. The average molecular weight is 468 g/mol. The lowest BCUT2D eigenvalue weighted by Crippen LogP contribution is -2.40. The molecule has 1 aromatic carbocycles. The number of alkyl halides is 3. The zero-order chi connectivity index (χ0) is 23.9. The van der Waals surface area contributed by atoms with E-state index >= 15 is 0 Å². The Balaban J connectivity index is 1.37. The van der Waals surface area contributed by atoms with Crippen molar-refractivity contribution in [1.29, 1.82) is 0 Å². The van der Waals surface area contributed by atoms with Gasteiger partial charge in [-0.1, -0.05) is 17.7 Å². The second-order valence-electron chi connectivity index (χ2n) is 9.09. The molecule has 1 N–H and O–H groups in total. The number of likely N-dealkylation sites (tertiary alicyclic amines) is 1. The molecule has 1 saturated heterocycles. The molecule has 3 heterocycles. The van der Waals surface area contributed by atoms with E-state index in [1.807, 2.05) is 30.0 Å². The van der Waals surface area contributed by atoms with Gasteiger partial charge in [-0.3, -0.25) is 4.79 Å². The van der Waals surface area contributed by atoms with E-state index in [0.717, 1.165) is 37.2 Å². The van der Waals surface area contributed by atoms with Crippen molar-refractivity contribution in [3.05, 3.63) is 65.7 Å². The number of carbonyl (C=O) groups excluding carboxylic acids is 1. The number of nitrogens with one attached hydrogen (secondary N) is 1. The quantitative estimate of drug-likeness (QED) is 0.599. The van der Waals surface area contributed by atoms with Crippen LogP contribution in [0.25, 0.3) is 11.4 Å². The van der Waals surface area contributed by atoms with Gasteiger partial charge in [-0.05, 0) is 43.7 Å². The maximum atomic E-state index is 13.8. The van der Waals surface area contributed by atoms with Crippen molar-refractivity contribution in [2.24, 2.45) is 5.41 Å². The third-order valence-electron chi connectivity index (χ3n) is 6.52. The third kappa shape index (κ3) is 4.44. The summed E-state index contributed by atoms with van der Waals surface area (Å²) in [4.78, 5) is 31.9. The van der Waals surface area contributed by atoms with E-state index in [0.29, 0.717) is 30.0 Å². The molecule has 176 valence electrons. The van der Waals surface area contributed by atoms with Gasteiger partial charge in [-0.15, -0.1) is 0 Å². The van der Waals surface area contributed by atoms with E-state index < -0.39 is 11.7 Å². The molecule has 2 aromatic heterocycles. The topological polar surface area (TPSA) is 83.9 Å². The highest BCUT2D eigenvalue weighted by Crippen LogP contribution is 2.55. The minimum absolute atomic E-state index is 0.102. The number of rotatable bonds is 5. The zero-order valence-corrected chi connectivity index (χ0v) is 18.5. The molecule has 0 unspecified atom stereocenters. The SMILES string of the molecule is Cc1ccc(-c2ncccn2)c(C(=O)N2CC3(CC3)C[C@H]2CNc2ncc(C(F)(F)F)cn2)c1. The fourth-order valence-corrected chi connectivity index (χ4v) is 4.52. The lowest BCUT2D eigenvalue weighted by molar-refractivity contribution is -0.138. The number of benzene rings is 1. The highest BCUT2D eigenvalue weighted by molar-refractivity contribution is 6.00. The predicted molar refractivity (Wildman–Crippen MR) is 119 cm³/mol. The van der Waals surface area contributed by atoms with Gasteiger partial charge in [0.25, 0.3) is 5.91 Å². The highest BCUT2D eigenvalue weighted by Gasteiger charge is 2.53. The highest BCUT2D eigenvalue weighted by atomic mass is 19.4. The zero-order valence-electron chi connectivity index (χ0n) is 18.5. The smallest absolute Gasteiger partial charge is 0.352 e. The monoisotopic (exact) mass is 468 g/mol. The molecule has 34 heavy (non-hydrogen) atoms. The number of hydrogen-bond acceptors (Lipinski definition) is 6. The maximum absolute atomic E-state index is 13.8. The van der Waals surface area contributed by atoms with Crippen molar-refractivity contribution in [3.63, 3.8) is 0 Å². The van der Waals surface area contributed by atoms with Crippen molar-refractivity contribution in [2.45, 2.75) is 38.4 Å². The van der Waals surface area contributed by atoms with Crippen LogP contribution in [-0.4, -0.2) is 49.9 Å². The van der Waals surface area contributed by atoms with E-state index in [1.165, 1.54) is 0 Å². The Morgan fingerprint density at radius 2 is 1.85 bits per heavy atom. The number of amides is 1. The Morgan fingerprint density at radius 1 is 1.15 bits per heavy atom. The second kappa shape index (κ2) is 8.34. The molecule has 0 radical (unpaired) electrons. The number of hydrogen-bond donors (Lipinski definition) is 1. The van der Waals surface area contributed by atoms with Gasteiger partial charge < -0.3 is 10.2 Å². The molecule has 1 amide bonds.